The number of hydrogen-bond donors (Lipinski definition) is 1. The minimum absolute atomic E-state index is 0.124. The van der Waals surface area contributed by atoms with Gasteiger partial charge in [-0.3, -0.25) is 0 Å². The number of nitrogens with two attached hydrogens (primary N) is 1. The van der Waals surface area contributed by atoms with Crippen LogP contribution in [0.2, 0.25) is 0 Å². The Balaban J connectivity index is 1.91. The highest BCUT2D eigenvalue weighted by Crippen LogP contribution is 2.48. The molecule has 0 aliphatic heterocycles. The first-order valence-electron chi connectivity index (χ1n) is 5.09. The molecular weight excluding hydrogens is 188 g/mol. The Labute approximate surface area is 89.5 Å². The number of nitriles is 1. The average Bonchev–Trinajstić information content (AvgIpc) is 2.97. The summed E-state index contributed by atoms with van der Waals surface area (Å²) in [4.78, 5) is 0. The first-order chi connectivity index (χ1) is 7.24. The fraction of sp³-hybridized carbons (Fsp3) is 0.417. The Morgan fingerprint density at radius 1 is 1.47 bits per heavy atom. The van der Waals surface area contributed by atoms with Gasteiger partial charge in [0.2, 0.25) is 0 Å². The Hall–Kier alpha value is -1.69. The number of nitrogens with zero attached hydrogens (tertiary/aromatic N) is 1. The van der Waals surface area contributed by atoms with Crippen molar-refractivity contribution in [3.8, 4) is 11.8 Å². The second kappa shape index (κ2) is 3.82. The van der Waals surface area contributed by atoms with E-state index in [0.717, 1.165) is 18.6 Å². The van der Waals surface area contributed by atoms with Gasteiger partial charge in [-0.2, -0.15) is 5.26 Å². The smallest absolute Gasteiger partial charge is 0.121 e. The lowest BCUT2D eigenvalue weighted by Gasteiger charge is -2.12. The number of ether oxygens (including phenoxy) is 1. The van der Waals surface area contributed by atoms with Gasteiger partial charge in [-0.15, -0.1) is 0 Å². The van der Waals surface area contributed by atoms with E-state index in [4.69, 9.17) is 15.7 Å². The maximum Gasteiger partial charge on any atom is 0.121 e. The number of benzene rings is 1. The van der Waals surface area contributed by atoms with Crippen LogP contribution in [0.3, 0.4) is 0 Å². The van der Waals surface area contributed by atoms with Crippen molar-refractivity contribution in [2.24, 2.45) is 5.41 Å². The topological polar surface area (TPSA) is 59.0 Å². The van der Waals surface area contributed by atoms with Crippen molar-refractivity contribution in [1.29, 1.82) is 5.26 Å². The highest BCUT2D eigenvalue weighted by molar-refractivity contribution is 5.43. The van der Waals surface area contributed by atoms with Crippen molar-refractivity contribution in [2.75, 3.05) is 12.3 Å². The van der Waals surface area contributed by atoms with Gasteiger partial charge in [-0.05, 0) is 25.0 Å². The van der Waals surface area contributed by atoms with Gasteiger partial charge in [-0.25, -0.2) is 0 Å². The second-order valence-electron chi connectivity index (χ2n) is 4.20. The van der Waals surface area contributed by atoms with Crippen molar-refractivity contribution >= 4 is 5.69 Å². The first-order valence-corrected chi connectivity index (χ1v) is 5.09. The van der Waals surface area contributed by atoms with Gasteiger partial charge in [-0.1, -0.05) is 6.07 Å². The van der Waals surface area contributed by atoms with Crippen molar-refractivity contribution < 1.29 is 4.74 Å². The predicted molar refractivity (Wildman–Crippen MR) is 58.2 cm³/mol. The zero-order valence-corrected chi connectivity index (χ0v) is 8.57. The van der Waals surface area contributed by atoms with Crippen LogP contribution in [-0.4, -0.2) is 6.61 Å². The molecular formula is C12H14N2O. The minimum atomic E-state index is 0.124. The Morgan fingerprint density at radius 3 is 2.87 bits per heavy atom. The van der Waals surface area contributed by atoms with Crippen LogP contribution in [-0.2, 0) is 0 Å². The van der Waals surface area contributed by atoms with E-state index in [9.17, 15) is 0 Å². The van der Waals surface area contributed by atoms with Crippen molar-refractivity contribution in [1.82, 2.24) is 0 Å². The van der Waals surface area contributed by atoms with Crippen molar-refractivity contribution in [3.05, 3.63) is 24.3 Å². The van der Waals surface area contributed by atoms with Crippen molar-refractivity contribution in [2.45, 2.75) is 19.3 Å². The summed E-state index contributed by atoms with van der Waals surface area (Å²) in [5.41, 5.74) is 6.47. The first kappa shape index (κ1) is 9.85. The van der Waals surface area contributed by atoms with E-state index in [-0.39, 0.29) is 5.41 Å². The van der Waals surface area contributed by atoms with E-state index < -0.39 is 0 Å². The molecule has 0 saturated heterocycles. The zero-order chi connectivity index (χ0) is 10.7. The van der Waals surface area contributed by atoms with Crippen LogP contribution in [0, 0.1) is 16.7 Å². The number of rotatable bonds is 4. The van der Waals surface area contributed by atoms with Crippen LogP contribution < -0.4 is 10.5 Å². The van der Waals surface area contributed by atoms with Gasteiger partial charge < -0.3 is 10.5 Å². The molecule has 3 nitrogen and oxygen atoms in total. The molecule has 1 aliphatic rings. The van der Waals surface area contributed by atoms with Gasteiger partial charge in [0.1, 0.15) is 5.75 Å². The van der Waals surface area contributed by atoms with Crippen LogP contribution in [0.4, 0.5) is 5.69 Å². The molecule has 78 valence electrons. The summed E-state index contributed by atoms with van der Waals surface area (Å²) in [6, 6.07) is 9.61. The molecule has 1 saturated carbocycles. The molecule has 1 aliphatic carbocycles. The molecule has 0 unspecified atom stereocenters. The molecule has 1 aromatic carbocycles. The molecule has 0 bridgehead atoms. The molecule has 0 heterocycles. The summed E-state index contributed by atoms with van der Waals surface area (Å²) >= 11 is 0. The molecule has 2 rings (SSSR count). The number of anilines is 1. The minimum Gasteiger partial charge on any atom is -0.493 e. The highest BCUT2D eigenvalue weighted by Gasteiger charge is 2.43. The summed E-state index contributed by atoms with van der Waals surface area (Å²) in [5.74, 6) is 0.791. The Kier molecular flexibility index (Phi) is 2.51. The predicted octanol–water partition coefficient (Wildman–Crippen LogP) is 2.34. The summed E-state index contributed by atoms with van der Waals surface area (Å²) in [5, 5.41) is 8.66. The van der Waals surface area contributed by atoms with Gasteiger partial charge in [0.05, 0.1) is 12.7 Å². The third-order valence-corrected chi connectivity index (χ3v) is 2.81. The van der Waals surface area contributed by atoms with Crippen LogP contribution in [0.5, 0.6) is 5.75 Å². The normalized spacial score (nSPS) is 16.7. The van der Waals surface area contributed by atoms with Crippen LogP contribution in [0.1, 0.15) is 19.3 Å². The largest absolute Gasteiger partial charge is 0.493 e. The molecule has 0 radical (unpaired) electrons. The molecule has 15 heavy (non-hydrogen) atoms. The maximum atomic E-state index is 8.66. The van der Waals surface area contributed by atoms with E-state index in [1.54, 1.807) is 0 Å². The van der Waals surface area contributed by atoms with Gasteiger partial charge in [0.15, 0.2) is 0 Å². The van der Waals surface area contributed by atoms with Gasteiger partial charge >= 0.3 is 0 Å². The van der Waals surface area contributed by atoms with Gasteiger partial charge in [0, 0.05) is 23.6 Å². The third kappa shape index (κ3) is 2.41. The van der Waals surface area contributed by atoms with E-state index >= 15 is 0 Å². The Bertz CT molecular complexity index is 391. The van der Waals surface area contributed by atoms with E-state index in [2.05, 4.69) is 6.07 Å². The van der Waals surface area contributed by atoms with Crippen LogP contribution >= 0.6 is 0 Å². The molecule has 0 atom stereocenters. The third-order valence-electron chi connectivity index (χ3n) is 2.81. The average molecular weight is 202 g/mol. The SMILES string of the molecule is N#CCC1(COc2cccc(N)c2)CC1. The maximum absolute atomic E-state index is 8.66. The molecule has 0 amide bonds. The lowest BCUT2D eigenvalue weighted by atomic mass is 10.1. The fourth-order valence-electron chi connectivity index (χ4n) is 1.56. The lowest BCUT2D eigenvalue weighted by Crippen LogP contribution is -2.12. The van der Waals surface area contributed by atoms with E-state index in [1.165, 1.54) is 0 Å². The second-order valence-corrected chi connectivity index (χ2v) is 4.20. The number of nitrogen functional groups attached to an aromatic ring is 1. The monoisotopic (exact) mass is 202 g/mol. The Morgan fingerprint density at radius 2 is 2.27 bits per heavy atom. The number of hydrogen-bond acceptors (Lipinski definition) is 3. The zero-order valence-electron chi connectivity index (χ0n) is 8.57. The highest BCUT2D eigenvalue weighted by atomic mass is 16.5. The standard InChI is InChI=1S/C12H14N2O/c13-7-6-12(4-5-12)9-15-11-3-1-2-10(14)8-11/h1-3,8H,4-6,9,14H2. The summed E-state index contributed by atoms with van der Waals surface area (Å²) in [6.07, 6.45) is 2.79. The lowest BCUT2D eigenvalue weighted by molar-refractivity contribution is 0.237. The molecule has 0 aromatic heterocycles. The molecule has 2 N–H and O–H groups in total. The quantitative estimate of drug-likeness (QED) is 0.762. The van der Waals surface area contributed by atoms with E-state index in [1.807, 2.05) is 24.3 Å². The molecule has 1 fully saturated rings. The van der Waals surface area contributed by atoms with Crippen molar-refractivity contribution in [3.63, 3.8) is 0 Å². The molecule has 3 heteroatoms. The van der Waals surface area contributed by atoms with Crippen LogP contribution in [0.25, 0.3) is 0 Å². The van der Waals surface area contributed by atoms with E-state index in [0.29, 0.717) is 18.7 Å². The molecule has 1 aromatic rings. The van der Waals surface area contributed by atoms with Crippen LogP contribution in [0.15, 0.2) is 24.3 Å². The summed E-state index contributed by atoms with van der Waals surface area (Å²) in [7, 11) is 0. The fourth-order valence-corrected chi connectivity index (χ4v) is 1.56. The molecule has 0 spiro atoms. The summed E-state index contributed by atoms with van der Waals surface area (Å²) in [6.45, 7) is 0.629. The summed E-state index contributed by atoms with van der Waals surface area (Å²) < 4.78 is 5.64. The van der Waals surface area contributed by atoms with Gasteiger partial charge in [0.25, 0.3) is 0 Å².